The second-order valence-electron chi connectivity index (χ2n) is 5.18. The minimum Gasteiger partial charge on any atom is -0.336 e. The highest BCUT2D eigenvalue weighted by Gasteiger charge is 2.24. The third-order valence-corrected chi connectivity index (χ3v) is 3.94. The van der Waals surface area contributed by atoms with E-state index < -0.39 is 0 Å². The molecule has 1 aromatic rings. The van der Waals surface area contributed by atoms with Crippen LogP contribution in [-0.2, 0) is 0 Å². The zero-order valence-corrected chi connectivity index (χ0v) is 12.1. The third kappa shape index (κ3) is 3.55. The fourth-order valence-corrected chi connectivity index (χ4v) is 2.81. The summed E-state index contributed by atoms with van der Waals surface area (Å²) in [6.07, 6.45) is 4.60. The van der Waals surface area contributed by atoms with Crippen LogP contribution in [-0.4, -0.2) is 69.9 Å². The summed E-state index contributed by atoms with van der Waals surface area (Å²) in [5.41, 5.74) is 6.08. The number of carbonyl (C=O) groups excluding carboxylic acids is 1. The van der Waals surface area contributed by atoms with Crippen molar-refractivity contribution in [2.75, 3.05) is 32.7 Å². The summed E-state index contributed by atoms with van der Waals surface area (Å²) in [4.78, 5) is 16.6. The van der Waals surface area contributed by atoms with Crippen molar-refractivity contribution in [2.24, 2.45) is 5.73 Å². The van der Waals surface area contributed by atoms with Gasteiger partial charge in [-0.2, -0.15) is 15.4 Å². The van der Waals surface area contributed by atoms with Gasteiger partial charge in [0, 0.05) is 32.2 Å². The Labute approximate surface area is 119 Å². The number of hydrogen-bond donors (Lipinski definition) is 2. The molecule has 1 amide bonds. The molecule has 1 saturated heterocycles. The topological polar surface area (TPSA) is 91.1 Å². The summed E-state index contributed by atoms with van der Waals surface area (Å²) in [5, 5.41) is 10.0. The van der Waals surface area contributed by atoms with E-state index in [1.165, 1.54) is 6.20 Å². The molecule has 0 saturated carbocycles. The van der Waals surface area contributed by atoms with E-state index in [0.29, 0.717) is 11.7 Å². The normalized spacial score (nSPS) is 18.8. The van der Waals surface area contributed by atoms with Gasteiger partial charge in [-0.15, -0.1) is 0 Å². The van der Waals surface area contributed by atoms with Gasteiger partial charge in [0.1, 0.15) is 0 Å². The number of nitrogens with two attached hydrogens (primary N) is 1. The van der Waals surface area contributed by atoms with Crippen LogP contribution in [0.15, 0.2) is 6.20 Å². The molecule has 2 rings (SSSR count). The summed E-state index contributed by atoms with van der Waals surface area (Å²) in [6, 6.07) is 0.530. The predicted octanol–water partition coefficient (Wildman–Crippen LogP) is 0.0800. The van der Waals surface area contributed by atoms with Crippen molar-refractivity contribution in [1.29, 1.82) is 0 Å². The summed E-state index contributed by atoms with van der Waals surface area (Å²) < 4.78 is 0. The molecule has 2 heterocycles. The van der Waals surface area contributed by atoms with E-state index >= 15 is 0 Å². The van der Waals surface area contributed by atoms with Gasteiger partial charge < -0.3 is 10.6 Å². The molecule has 1 aliphatic rings. The molecular formula is C13H24N6O. The quantitative estimate of drug-likeness (QED) is 0.797. The highest BCUT2D eigenvalue weighted by molar-refractivity contribution is 5.91. The highest BCUT2D eigenvalue weighted by atomic mass is 16.2. The zero-order chi connectivity index (χ0) is 14.4. The van der Waals surface area contributed by atoms with E-state index in [1.807, 2.05) is 4.90 Å². The molecule has 1 aromatic heterocycles. The largest absolute Gasteiger partial charge is 0.336 e. The van der Waals surface area contributed by atoms with Gasteiger partial charge in [-0.3, -0.25) is 9.69 Å². The van der Waals surface area contributed by atoms with Crippen molar-refractivity contribution in [3.05, 3.63) is 11.9 Å². The molecule has 0 bridgehead atoms. The number of rotatable bonds is 5. The van der Waals surface area contributed by atoms with Crippen molar-refractivity contribution in [3.8, 4) is 0 Å². The fourth-order valence-electron chi connectivity index (χ4n) is 2.81. The zero-order valence-electron chi connectivity index (χ0n) is 12.1. The smallest absolute Gasteiger partial charge is 0.276 e. The second kappa shape index (κ2) is 7.35. The van der Waals surface area contributed by atoms with Gasteiger partial charge >= 0.3 is 0 Å². The van der Waals surface area contributed by atoms with Gasteiger partial charge in [0.2, 0.25) is 0 Å². The Balaban J connectivity index is 1.93. The van der Waals surface area contributed by atoms with E-state index in [0.717, 1.165) is 52.0 Å². The van der Waals surface area contributed by atoms with E-state index in [4.69, 9.17) is 5.73 Å². The van der Waals surface area contributed by atoms with Crippen molar-refractivity contribution >= 4 is 5.91 Å². The number of H-pyrrole nitrogens is 1. The van der Waals surface area contributed by atoms with E-state index in [2.05, 4.69) is 27.2 Å². The van der Waals surface area contributed by atoms with E-state index in [1.54, 1.807) is 0 Å². The molecule has 0 radical (unpaired) electrons. The molecule has 7 nitrogen and oxygen atoms in total. The van der Waals surface area contributed by atoms with Crippen molar-refractivity contribution in [1.82, 2.24) is 25.2 Å². The van der Waals surface area contributed by atoms with Crippen LogP contribution in [0.1, 0.15) is 36.7 Å². The number of aromatic amines is 1. The first-order valence-electron chi connectivity index (χ1n) is 7.35. The number of amides is 1. The molecule has 1 fully saturated rings. The Bertz CT molecular complexity index is 407. The molecule has 1 aliphatic heterocycles. The number of nitrogens with one attached hydrogen (secondary N) is 1. The van der Waals surface area contributed by atoms with Gasteiger partial charge in [0.15, 0.2) is 5.69 Å². The standard InChI is InChI=1S/C13H24N6O/c1-2-11(4-5-14)18-6-3-7-19(9-8-18)13(20)12-10-15-17-16-12/h10-11H,2-9,14H2,1H3,(H,15,16,17). The SMILES string of the molecule is CCC(CCN)N1CCCN(C(=O)c2cn[nH]n2)CC1. The van der Waals surface area contributed by atoms with Crippen molar-refractivity contribution in [3.63, 3.8) is 0 Å². The van der Waals surface area contributed by atoms with Gasteiger partial charge in [0.25, 0.3) is 5.91 Å². The van der Waals surface area contributed by atoms with Crippen LogP contribution in [0.4, 0.5) is 0 Å². The number of carbonyl (C=O) groups is 1. The Kier molecular flexibility index (Phi) is 5.49. The van der Waals surface area contributed by atoms with Crippen LogP contribution in [0.3, 0.4) is 0 Å². The Hall–Kier alpha value is -1.47. The maximum atomic E-state index is 12.3. The number of hydrogen-bond acceptors (Lipinski definition) is 5. The Morgan fingerprint density at radius 2 is 2.30 bits per heavy atom. The Morgan fingerprint density at radius 1 is 1.45 bits per heavy atom. The van der Waals surface area contributed by atoms with E-state index in [9.17, 15) is 4.79 Å². The summed E-state index contributed by atoms with van der Waals surface area (Å²) in [6.45, 7) is 6.37. The lowest BCUT2D eigenvalue weighted by Gasteiger charge is -2.29. The molecule has 0 aliphatic carbocycles. The van der Waals surface area contributed by atoms with Crippen LogP contribution in [0, 0.1) is 0 Å². The van der Waals surface area contributed by atoms with Crippen LogP contribution >= 0.6 is 0 Å². The second-order valence-corrected chi connectivity index (χ2v) is 5.18. The molecule has 7 heteroatoms. The van der Waals surface area contributed by atoms with Crippen molar-refractivity contribution < 1.29 is 4.79 Å². The summed E-state index contributed by atoms with van der Waals surface area (Å²) in [7, 11) is 0. The average Bonchev–Trinajstić information content (AvgIpc) is 2.89. The van der Waals surface area contributed by atoms with Crippen LogP contribution in [0.25, 0.3) is 0 Å². The van der Waals surface area contributed by atoms with Crippen LogP contribution in [0.2, 0.25) is 0 Å². The van der Waals surface area contributed by atoms with Gasteiger partial charge in [-0.25, -0.2) is 0 Å². The van der Waals surface area contributed by atoms with Gasteiger partial charge in [0.05, 0.1) is 6.20 Å². The number of aromatic nitrogens is 3. The first-order valence-corrected chi connectivity index (χ1v) is 7.35. The minimum atomic E-state index is -0.0347. The molecule has 112 valence electrons. The minimum absolute atomic E-state index is 0.0347. The van der Waals surface area contributed by atoms with Gasteiger partial charge in [-0.05, 0) is 25.8 Å². The molecular weight excluding hydrogens is 256 g/mol. The molecule has 1 unspecified atom stereocenters. The molecule has 1 atom stereocenters. The van der Waals surface area contributed by atoms with Gasteiger partial charge in [-0.1, -0.05) is 6.92 Å². The fraction of sp³-hybridized carbons (Fsp3) is 0.769. The summed E-state index contributed by atoms with van der Waals surface area (Å²) >= 11 is 0. The molecule has 20 heavy (non-hydrogen) atoms. The van der Waals surface area contributed by atoms with Crippen LogP contribution < -0.4 is 5.73 Å². The number of nitrogens with zero attached hydrogens (tertiary/aromatic N) is 4. The van der Waals surface area contributed by atoms with Crippen molar-refractivity contribution in [2.45, 2.75) is 32.2 Å². The summed E-state index contributed by atoms with van der Waals surface area (Å²) in [5.74, 6) is -0.0347. The lowest BCUT2D eigenvalue weighted by molar-refractivity contribution is 0.0751. The maximum absolute atomic E-state index is 12.3. The first kappa shape index (κ1) is 14.9. The molecule has 0 spiro atoms. The highest BCUT2D eigenvalue weighted by Crippen LogP contribution is 2.13. The van der Waals surface area contributed by atoms with Crippen LogP contribution in [0.5, 0.6) is 0 Å². The molecule has 0 aromatic carbocycles. The lowest BCUT2D eigenvalue weighted by atomic mass is 10.1. The predicted molar refractivity (Wildman–Crippen MR) is 76.2 cm³/mol. The maximum Gasteiger partial charge on any atom is 0.276 e. The lowest BCUT2D eigenvalue weighted by Crippen LogP contribution is -2.40. The monoisotopic (exact) mass is 280 g/mol. The third-order valence-electron chi connectivity index (χ3n) is 3.94. The van der Waals surface area contributed by atoms with E-state index in [-0.39, 0.29) is 5.91 Å². The molecule has 3 N–H and O–H groups in total. The first-order chi connectivity index (χ1) is 9.76. The Morgan fingerprint density at radius 3 is 2.95 bits per heavy atom. The average molecular weight is 280 g/mol.